The van der Waals surface area contributed by atoms with Crippen molar-refractivity contribution in [1.82, 2.24) is 10.2 Å². The first kappa shape index (κ1) is 30.6. The molecule has 0 saturated heterocycles. The summed E-state index contributed by atoms with van der Waals surface area (Å²) in [6.07, 6.45) is -4.57. The van der Waals surface area contributed by atoms with Gasteiger partial charge in [0.05, 0.1) is 33.7 Å². The lowest BCUT2D eigenvalue weighted by atomic mass is 9.91. The van der Waals surface area contributed by atoms with Gasteiger partial charge in [-0.3, -0.25) is 4.79 Å². The highest BCUT2D eigenvalue weighted by molar-refractivity contribution is 7.90. The lowest BCUT2D eigenvalue weighted by Crippen LogP contribution is -2.47. The van der Waals surface area contributed by atoms with E-state index in [1.807, 2.05) is 6.07 Å². The van der Waals surface area contributed by atoms with E-state index in [4.69, 9.17) is 4.74 Å². The zero-order valence-electron chi connectivity index (χ0n) is 22.5. The minimum Gasteiger partial charge on any atom is -0.443 e. The van der Waals surface area contributed by atoms with Crippen molar-refractivity contribution in [2.45, 2.75) is 49.9 Å². The molecule has 0 spiro atoms. The van der Waals surface area contributed by atoms with Crippen molar-refractivity contribution >= 4 is 27.5 Å². The first-order chi connectivity index (χ1) is 18.5. The van der Waals surface area contributed by atoms with Crippen molar-refractivity contribution in [2.24, 2.45) is 0 Å². The van der Waals surface area contributed by atoms with Gasteiger partial charge in [-0.05, 0) is 63.7 Å². The van der Waals surface area contributed by atoms with Crippen LogP contribution in [0.15, 0.2) is 58.6 Å². The lowest BCUT2D eigenvalue weighted by Gasteiger charge is -2.34. The number of anilines is 1. The number of nitrogens with one attached hydrogen (secondary N) is 2. The topological polar surface area (TPSA) is 129 Å². The molecule has 1 unspecified atom stereocenters. The number of nitrogens with zero attached hydrogens (tertiary/aromatic N) is 2. The van der Waals surface area contributed by atoms with Crippen LogP contribution in [-0.2, 0) is 25.5 Å². The highest BCUT2D eigenvalue weighted by Gasteiger charge is 2.39. The van der Waals surface area contributed by atoms with Crippen LogP contribution in [0.25, 0.3) is 0 Å². The van der Waals surface area contributed by atoms with Gasteiger partial charge in [0.2, 0.25) is 0 Å². The van der Waals surface area contributed by atoms with E-state index in [9.17, 15) is 36.4 Å². The molecule has 0 saturated carbocycles. The molecule has 2 amide bonds. The van der Waals surface area contributed by atoms with Crippen LogP contribution in [0.1, 0.15) is 49.9 Å². The summed E-state index contributed by atoms with van der Waals surface area (Å²) in [5.74, 6) is -0.821. The van der Waals surface area contributed by atoms with E-state index in [-0.39, 0.29) is 45.9 Å². The normalized spacial score (nSPS) is 15.5. The Kier molecular flexibility index (Phi) is 8.66. The summed E-state index contributed by atoms with van der Waals surface area (Å²) in [5, 5.41) is 15.1. The Morgan fingerprint density at radius 1 is 1.15 bits per heavy atom. The van der Waals surface area contributed by atoms with Crippen molar-refractivity contribution in [3.63, 3.8) is 0 Å². The van der Waals surface area contributed by atoms with Gasteiger partial charge in [-0.15, -0.1) is 0 Å². The lowest BCUT2D eigenvalue weighted by molar-refractivity contribution is -0.137. The fraction of sp³-hybridized carbons (Fsp3) is 0.370. The molecule has 1 aliphatic heterocycles. The number of imide groups is 1. The van der Waals surface area contributed by atoms with Gasteiger partial charge in [-0.25, -0.2) is 18.1 Å². The number of rotatable bonds is 6. The smallest absolute Gasteiger partial charge is 0.417 e. The summed E-state index contributed by atoms with van der Waals surface area (Å²) >= 11 is 0. The summed E-state index contributed by atoms with van der Waals surface area (Å²) < 4.78 is 70.8. The van der Waals surface area contributed by atoms with Gasteiger partial charge in [0.25, 0.3) is 5.91 Å². The fourth-order valence-corrected chi connectivity index (χ4v) is 5.17. The summed E-state index contributed by atoms with van der Waals surface area (Å²) in [4.78, 5) is 27.4. The molecule has 1 heterocycles. The highest BCUT2D eigenvalue weighted by Crippen LogP contribution is 2.36. The second-order valence-corrected chi connectivity index (χ2v) is 12.1. The number of hydrogen-bond acceptors (Lipinski definition) is 8. The Balaban J connectivity index is 2.22. The first-order valence-corrected chi connectivity index (χ1v) is 14.0. The average Bonchev–Trinajstić information content (AvgIpc) is 2.84. The minimum atomic E-state index is -4.61. The maximum atomic E-state index is 13.8. The average molecular weight is 579 g/mol. The zero-order chi connectivity index (χ0) is 30.0. The predicted molar refractivity (Wildman–Crippen MR) is 141 cm³/mol. The van der Waals surface area contributed by atoms with Crippen LogP contribution in [0.2, 0.25) is 0 Å². The number of hydrogen-bond donors (Lipinski definition) is 2. The van der Waals surface area contributed by atoms with E-state index in [0.717, 1.165) is 23.3 Å². The molecule has 0 aromatic heterocycles. The molecule has 0 fully saturated rings. The number of halogens is 3. The first-order valence-electron chi connectivity index (χ1n) is 12.1. The van der Waals surface area contributed by atoms with Gasteiger partial charge in [-0.2, -0.15) is 18.4 Å². The van der Waals surface area contributed by atoms with Crippen molar-refractivity contribution in [3.05, 3.63) is 70.4 Å². The molecule has 1 atom stereocenters. The number of ether oxygens (including phenoxy) is 1. The maximum Gasteiger partial charge on any atom is 0.417 e. The summed E-state index contributed by atoms with van der Waals surface area (Å²) in [7, 11) is -2.44. The minimum absolute atomic E-state index is 0.0131. The molecule has 0 bridgehead atoms. The van der Waals surface area contributed by atoms with Crippen LogP contribution in [0.4, 0.5) is 23.7 Å². The van der Waals surface area contributed by atoms with Crippen LogP contribution in [0.5, 0.6) is 0 Å². The largest absolute Gasteiger partial charge is 0.443 e. The molecule has 1 aliphatic rings. The fourth-order valence-electron chi connectivity index (χ4n) is 4.22. The van der Waals surface area contributed by atoms with Gasteiger partial charge in [0.1, 0.15) is 5.60 Å². The number of sulfone groups is 1. The Bertz CT molecular complexity index is 1510. The number of benzene rings is 2. The van der Waals surface area contributed by atoms with Crippen LogP contribution in [0, 0.1) is 11.3 Å². The van der Waals surface area contributed by atoms with Crippen LogP contribution < -0.4 is 10.6 Å². The van der Waals surface area contributed by atoms with Crippen LogP contribution >= 0.6 is 0 Å². The van der Waals surface area contributed by atoms with Gasteiger partial charge >= 0.3 is 12.3 Å². The number of amides is 2. The van der Waals surface area contributed by atoms with Crippen molar-refractivity contribution in [3.8, 4) is 6.07 Å². The highest BCUT2D eigenvalue weighted by atomic mass is 32.2. The second-order valence-electron chi connectivity index (χ2n) is 10.1. The Hall–Kier alpha value is -3.89. The third-order valence-electron chi connectivity index (χ3n) is 5.92. The molecule has 2 N–H and O–H groups in total. The Morgan fingerprint density at radius 3 is 2.38 bits per heavy atom. The van der Waals surface area contributed by atoms with Crippen LogP contribution in [0.3, 0.4) is 0 Å². The van der Waals surface area contributed by atoms with Gasteiger partial charge in [0.15, 0.2) is 9.84 Å². The van der Waals surface area contributed by atoms with Crippen molar-refractivity contribution in [2.75, 3.05) is 25.2 Å². The quantitative estimate of drug-likeness (QED) is 0.502. The molecular formula is C27H29F3N4O5S. The molecule has 2 aromatic carbocycles. The standard InChI is InChI=1S/C27H29F3N4O5S/c1-26(2,3)39-25(36)34-12-11-20(33-18-8-6-7-17(14-18)27(28,29)30)22(24(34)35)23(32-4)19-10-9-16(15-31)13-21(19)40(5,37)38/h6-10,13-14,23,32-33H,11-12H2,1-5H3. The summed E-state index contributed by atoms with van der Waals surface area (Å²) in [6.45, 7) is 4.74. The van der Waals surface area contributed by atoms with E-state index in [1.54, 1.807) is 20.8 Å². The van der Waals surface area contributed by atoms with Crippen molar-refractivity contribution in [1.29, 1.82) is 5.26 Å². The molecule has 13 heteroatoms. The van der Waals surface area contributed by atoms with E-state index in [1.165, 1.54) is 37.4 Å². The van der Waals surface area contributed by atoms with E-state index < -0.39 is 45.2 Å². The van der Waals surface area contributed by atoms with Crippen molar-refractivity contribution < 1.29 is 35.9 Å². The number of nitriles is 1. The van der Waals surface area contributed by atoms with Gasteiger partial charge in [-0.1, -0.05) is 12.1 Å². The molecular weight excluding hydrogens is 549 g/mol. The summed E-state index contributed by atoms with van der Waals surface area (Å²) in [5.41, 5.74) is -1.51. The monoisotopic (exact) mass is 578 g/mol. The molecule has 0 aliphatic carbocycles. The Morgan fingerprint density at radius 2 is 1.82 bits per heavy atom. The molecule has 9 nitrogen and oxygen atoms in total. The molecule has 214 valence electrons. The van der Waals surface area contributed by atoms with Gasteiger partial charge < -0.3 is 15.4 Å². The molecule has 0 radical (unpaired) electrons. The van der Waals surface area contributed by atoms with Crippen LogP contribution in [-0.4, -0.2) is 50.8 Å². The number of carbonyl (C=O) groups excluding carboxylic acids is 2. The number of carbonyl (C=O) groups is 2. The SMILES string of the molecule is CNC(C1=C(Nc2cccc(C(F)(F)F)c2)CCN(C(=O)OC(C)(C)C)C1=O)c1ccc(C#N)cc1S(C)(=O)=O. The molecule has 40 heavy (non-hydrogen) atoms. The molecule has 2 aromatic rings. The third-order valence-corrected chi connectivity index (χ3v) is 7.07. The number of likely N-dealkylation sites (N-methyl/N-ethyl adjacent to an activating group) is 1. The maximum absolute atomic E-state index is 13.8. The summed E-state index contributed by atoms with van der Waals surface area (Å²) in [6, 6.07) is 9.07. The second kappa shape index (κ2) is 11.3. The Labute approximate surface area is 230 Å². The third kappa shape index (κ3) is 7.00. The molecule has 3 rings (SSSR count). The van der Waals surface area contributed by atoms with Gasteiger partial charge in [0, 0.05) is 30.6 Å². The number of alkyl halides is 3. The predicted octanol–water partition coefficient (Wildman–Crippen LogP) is 4.77. The van der Waals surface area contributed by atoms with E-state index in [0.29, 0.717) is 0 Å². The van der Waals surface area contributed by atoms with E-state index in [2.05, 4.69) is 10.6 Å². The zero-order valence-corrected chi connectivity index (χ0v) is 23.3. The van der Waals surface area contributed by atoms with E-state index >= 15 is 0 Å².